The average molecular weight is 328 g/mol. The molecular weight excluding hydrogens is 308 g/mol. The molecule has 0 fully saturated rings. The van der Waals surface area contributed by atoms with E-state index in [1.165, 1.54) is 11.3 Å². The lowest BCUT2D eigenvalue weighted by Gasteiger charge is -2.15. The van der Waals surface area contributed by atoms with Gasteiger partial charge >= 0.3 is 0 Å². The van der Waals surface area contributed by atoms with Crippen molar-refractivity contribution in [2.75, 3.05) is 20.7 Å². The van der Waals surface area contributed by atoms with Crippen LogP contribution in [-0.2, 0) is 0 Å². The number of methoxy groups -OCH3 is 1. The zero-order valence-corrected chi connectivity index (χ0v) is 14.4. The van der Waals surface area contributed by atoms with Crippen molar-refractivity contribution in [3.8, 4) is 5.75 Å². The third-order valence-electron chi connectivity index (χ3n) is 3.91. The standard InChI is InChI=1S/C18H20N2O2S/c1-4-5-8-20(2)18(21)16-11-13-9-12-10-14(22-3)6-7-15(12)19-17(13)23-16/h6-7,9-11H,4-5,8H2,1-3H3. The summed E-state index contributed by atoms with van der Waals surface area (Å²) in [5, 5.41) is 2.02. The van der Waals surface area contributed by atoms with Gasteiger partial charge in [-0.25, -0.2) is 4.98 Å². The fourth-order valence-corrected chi connectivity index (χ4v) is 3.55. The van der Waals surface area contributed by atoms with Crippen LogP contribution in [0.15, 0.2) is 30.3 Å². The molecule has 0 aliphatic carbocycles. The molecule has 2 aromatic heterocycles. The van der Waals surface area contributed by atoms with Gasteiger partial charge in [-0.2, -0.15) is 0 Å². The Balaban J connectivity index is 1.97. The summed E-state index contributed by atoms with van der Waals surface area (Å²) >= 11 is 1.46. The number of hydrogen-bond donors (Lipinski definition) is 0. The van der Waals surface area contributed by atoms with Gasteiger partial charge in [0.15, 0.2) is 0 Å². The van der Waals surface area contributed by atoms with E-state index < -0.39 is 0 Å². The van der Waals surface area contributed by atoms with Gasteiger partial charge in [-0.05, 0) is 36.8 Å². The molecule has 0 atom stereocenters. The minimum Gasteiger partial charge on any atom is -0.497 e. The Morgan fingerprint density at radius 1 is 1.26 bits per heavy atom. The molecule has 23 heavy (non-hydrogen) atoms. The molecule has 4 nitrogen and oxygen atoms in total. The summed E-state index contributed by atoms with van der Waals surface area (Å²) < 4.78 is 5.26. The van der Waals surface area contributed by atoms with Gasteiger partial charge < -0.3 is 9.64 Å². The van der Waals surface area contributed by atoms with E-state index in [2.05, 4.69) is 18.0 Å². The van der Waals surface area contributed by atoms with Gasteiger partial charge in [-0.1, -0.05) is 13.3 Å². The van der Waals surface area contributed by atoms with Crippen molar-refractivity contribution < 1.29 is 9.53 Å². The highest BCUT2D eigenvalue weighted by Crippen LogP contribution is 2.29. The Hall–Kier alpha value is -2.14. The monoisotopic (exact) mass is 328 g/mol. The van der Waals surface area contributed by atoms with Crippen LogP contribution in [0.5, 0.6) is 5.75 Å². The second-order valence-electron chi connectivity index (χ2n) is 5.63. The Morgan fingerprint density at radius 2 is 2.09 bits per heavy atom. The fraction of sp³-hybridized carbons (Fsp3) is 0.333. The molecule has 0 aliphatic heterocycles. The second-order valence-corrected chi connectivity index (χ2v) is 6.66. The lowest BCUT2D eigenvalue weighted by molar-refractivity contribution is 0.0798. The van der Waals surface area contributed by atoms with E-state index in [4.69, 9.17) is 4.74 Å². The molecule has 1 aromatic carbocycles. The summed E-state index contributed by atoms with van der Waals surface area (Å²) in [4.78, 5) is 20.6. The SMILES string of the molecule is CCCCN(C)C(=O)c1cc2cc3cc(OC)ccc3nc2s1. The first-order valence-electron chi connectivity index (χ1n) is 7.76. The first-order valence-corrected chi connectivity index (χ1v) is 8.58. The first kappa shape index (κ1) is 15.7. The van der Waals surface area contributed by atoms with Crippen LogP contribution in [0.3, 0.4) is 0 Å². The number of aromatic nitrogens is 1. The Bertz CT molecular complexity index is 857. The highest BCUT2D eigenvalue weighted by Gasteiger charge is 2.15. The maximum Gasteiger partial charge on any atom is 0.263 e. The smallest absolute Gasteiger partial charge is 0.263 e. The number of amides is 1. The van der Waals surface area contributed by atoms with Crippen molar-refractivity contribution in [2.45, 2.75) is 19.8 Å². The summed E-state index contributed by atoms with van der Waals surface area (Å²) in [6, 6.07) is 9.83. The molecule has 3 rings (SSSR count). The minimum atomic E-state index is 0.0723. The zero-order chi connectivity index (χ0) is 16.4. The number of benzene rings is 1. The van der Waals surface area contributed by atoms with Crippen LogP contribution in [0.2, 0.25) is 0 Å². The van der Waals surface area contributed by atoms with Crippen LogP contribution in [0.4, 0.5) is 0 Å². The van der Waals surface area contributed by atoms with Crippen molar-refractivity contribution in [3.63, 3.8) is 0 Å². The molecule has 0 saturated heterocycles. The maximum absolute atomic E-state index is 12.5. The van der Waals surface area contributed by atoms with Gasteiger partial charge in [0.05, 0.1) is 17.5 Å². The second kappa shape index (κ2) is 6.54. The third-order valence-corrected chi connectivity index (χ3v) is 4.95. The Morgan fingerprint density at radius 3 is 2.83 bits per heavy atom. The van der Waals surface area contributed by atoms with E-state index >= 15 is 0 Å². The van der Waals surface area contributed by atoms with Gasteiger partial charge in [0.1, 0.15) is 10.6 Å². The molecule has 5 heteroatoms. The van der Waals surface area contributed by atoms with Crippen LogP contribution >= 0.6 is 11.3 Å². The molecule has 2 heterocycles. The fourth-order valence-electron chi connectivity index (χ4n) is 2.53. The van der Waals surface area contributed by atoms with E-state index in [0.29, 0.717) is 0 Å². The minimum absolute atomic E-state index is 0.0723. The number of rotatable bonds is 5. The first-order chi connectivity index (χ1) is 11.1. The highest BCUT2D eigenvalue weighted by atomic mass is 32.1. The zero-order valence-electron chi connectivity index (χ0n) is 13.6. The van der Waals surface area contributed by atoms with Crippen LogP contribution in [0.25, 0.3) is 21.1 Å². The number of pyridine rings is 1. The summed E-state index contributed by atoms with van der Waals surface area (Å²) in [6.07, 6.45) is 2.11. The number of ether oxygens (including phenoxy) is 1. The summed E-state index contributed by atoms with van der Waals surface area (Å²) in [7, 11) is 3.51. The highest BCUT2D eigenvalue weighted by molar-refractivity contribution is 7.20. The molecule has 1 amide bonds. The van der Waals surface area contributed by atoms with E-state index in [0.717, 1.165) is 51.1 Å². The molecule has 0 radical (unpaired) electrons. The number of carbonyl (C=O) groups is 1. The molecule has 0 aliphatic rings. The van der Waals surface area contributed by atoms with Crippen LogP contribution in [0, 0.1) is 0 Å². The normalized spacial score (nSPS) is 11.1. The summed E-state index contributed by atoms with van der Waals surface area (Å²) in [6.45, 7) is 2.91. The van der Waals surface area contributed by atoms with E-state index in [1.54, 1.807) is 12.0 Å². The van der Waals surface area contributed by atoms with E-state index in [-0.39, 0.29) is 5.91 Å². The van der Waals surface area contributed by atoms with Gasteiger partial charge in [0.25, 0.3) is 5.91 Å². The van der Waals surface area contributed by atoms with E-state index in [9.17, 15) is 4.79 Å². The molecule has 120 valence electrons. The molecule has 0 spiro atoms. The Labute approximate surface area is 139 Å². The van der Waals surface area contributed by atoms with Crippen molar-refractivity contribution >= 4 is 38.4 Å². The predicted octanol–water partition coefficient (Wildman–Crippen LogP) is 4.33. The number of nitrogens with zero attached hydrogens (tertiary/aromatic N) is 2. The Kier molecular flexibility index (Phi) is 4.48. The number of carbonyl (C=O) groups excluding carboxylic acids is 1. The lowest BCUT2D eigenvalue weighted by atomic mass is 10.2. The molecular formula is C18H20N2O2S. The molecule has 0 N–H and O–H groups in total. The summed E-state index contributed by atoms with van der Waals surface area (Å²) in [5.41, 5.74) is 0.915. The number of fused-ring (bicyclic) bond motifs is 2. The lowest BCUT2D eigenvalue weighted by Crippen LogP contribution is -2.26. The van der Waals surface area contributed by atoms with Crippen molar-refractivity contribution in [1.29, 1.82) is 0 Å². The van der Waals surface area contributed by atoms with Crippen LogP contribution in [0.1, 0.15) is 29.4 Å². The van der Waals surface area contributed by atoms with Gasteiger partial charge in [0.2, 0.25) is 0 Å². The topological polar surface area (TPSA) is 42.4 Å². The number of unbranched alkanes of at least 4 members (excludes halogenated alkanes) is 1. The molecule has 0 bridgehead atoms. The summed E-state index contributed by atoms with van der Waals surface area (Å²) in [5.74, 6) is 0.882. The van der Waals surface area contributed by atoms with Crippen molar-refractivity contribution in [1.82, 2.24) is 9.88 Å². The van der Waals surface area contributed by atoms with Crippen molar-refractivity contribution in [3.05, 3.63) is 35.2 Å². The van der Waals surface area contributed by atoms with Crippen LogP contribution < -0.4 is 4.74 Å². The molecule has 0 saturated carbocycles. The van der Waals surface area contributed by atoms with Crippen LogP contribution in [-0.4, -0.2) is 36.5 Å². The molecule has 3 aromatic rings. The van der Waals surface area contributed by atoms with Gasteiger partial charge in [-0.3, -0.25) is 4.79 Å². The van der Waals surface area contributed by atoms with Crippen molar-refractivity contribution in [2.24, 2.45) is 0 Å². The predicted molar refractivity (Wildman–Crippen MR) is 95.5 cm³/mol. The van der Waals surface area contributed by atoms with E-state index in [1.807, 2.05) is 31.3 Å². The maximum atomic E-state index is 12.5. The number of thiophene rings is 1. The quantitative estimate of drug-likeness (QED) is 0.700. The third kappa shape index (κ3) is 3.15. The van der Waals surface area contributed by atoms with Gasteiger partial charge in [0, 0.05) is 24.4 Å². The van der Waals surface area contributed by atoms with Gasteiger partial charge in [-0.15, -0.1) is 11.3 Å². The molecule has 0 unspecified atom stereocenters. The largest absolute Gasteiger partial charge is 0.497 e. The average Bonchev–Trinajstić information content (AvgIpc) is 2.98. The number of hydrogen-bond acceptors (Lipinski definition) is 4.